The van der Waals surface area contributed by atoms with E-state index in [1.54, 1.807) is 0 Å². The fourth-order valence-corrected chi connectivity index (χ4v) is 5.85. The third-order valence-electron chi connectivity index (χ3n) is 6.52. The van der Waals surface area contributed by atoms with Gasteiger partial charge >= 0.3 is 0 Å². The molecule has 1 aromatic carbocycles. The van der Waals surface area contributed by atoms with Gasteiger partial charge in [0, 0.05) is 11.1 Å². The predicted molar refractivity (Wildman–Crippen MR) is 91.9 cm³/mol. The fourth-order valence-electron chi connectivity index (χ4n) is 5.85. The van der Waals surface area contributed by atoms with Crippen molar-refractivity contribution in [2.45, 2.75) is 51.5 Å². The third kappa shape index (κ3) is 3.16. The molecule has 0 aliphatic heterocycles. The van der Waals surface area contributed by atoms with E-state index in [9.17, 15) is 4.79 Å². The number of amides is 1. The summed E-state index contributed by atoms with van der Waals surface area (Å²) < 4.78 is 0. The van der Waals surface area contributed by atoms with E-state index < -0.39 is 0 Å². The van der Waals surface area contributed by atoms with Crippen LogP contribution in [0, 0.1) is 23.2 Å². The van der Waals surface area contributed by atoms with Crippen molar-refractivity contribution in [1.82, 2.24) is 0 Å². The second-order valence-corrected chi connectivity index (χ2v) is 8.50. The van der Waals surface area contributed by atoms with Gasteiger partial charge in [0.25, 0.3) is 5.91 Å². The monoisotopic (exact) mass is 313 g/mol. The van der Waals surface area contributed by atoms with Gasteiger partial charge in [-0.3, -0.25) is 4.79 Å². The van der Waals surface area contributed by atoms with E-state index in [1.807, 2.05) is 37.3 Å². The van der Waals surface area contributed by atoms with Crippen molar-refractivity contribution < 1.29 is 10.1 Å². The summed E-state index contributed by atoms with van der Waals surface area (Å²) in [6.07, 6.45) is 8.73. The minimum atomic E-state index is -0.0109. The average Bonchev–Trinajstić information content (AvgIpc) is 2.52. The van der Waals surface area contributed by atoms with E-state index in [-0.39, 0.29) is 11.9 Å². The first kappa shape index (κ1) is 15.2. The number of carbonyl (C=O) groups excluding carboxylic acids is 1. The first-order valence-corrected chi connectivity index (χ1v) is 9.31. The van der Waals surface area contributed by atoms with Gasteiger partial charge in [-0.2, -0.15) is 0 Å². The molecule has 4 bridgehead atoms. The molecule has 0 radical (unpaired) electrons. The summed E-state index contributed by atoms with van der Waals surface area (Å²) in [7, 11) is 0. The fraction of sp³-hybridized carbons (Fsp3) is 0.650. The number of rotatable bonds is 5. The Morgan fingerprint density at radius 2 is 1.70 bits per heavy atom. The van der Waals surface area contributed by atoms with Gasteiger partial charge in [0.15, 0.2) is 6.04 Å². The highest BCUT2D eigenvalue weighted by atomic mass is 16.2. The van der Waals surface area contributed by atoms with Gasteiger partial charge in [-0.25, -0.2) is 0 Å². The maximum atomic E-state index is 12.4. The molecule has 0 saturated heterocycles. The second kappa shape index (κ2) is 5.94. The Morgan fingerprint density at radius 1 is 1.13 bits per heavy atom. The van der Waals surface area contributed by atoms with Crippen molar-refractivity contribution in [3.8, 4) is 0 Å². The molecule has 4 aliphatic rings. The summed E-state index contributed by atoms with van der Waals surface area (Å²) in [5.74, 6) is 3.09. The van der Waals surface area contributed by atoms with Crippen LogP contribution in [0.4, 0.5) is 5.69 Å². The second-order valence-electron chi connectivity index (χ2n) is 8.50. The average molecular weight is 313 g/mol. The molecule has 124 valence electrons. The summed E-state index contributed by atoms with van der Waals surface area (Å²) in [6.45, 7) is 3.18. The van der Waals surface area contributed by atoms with Crippen LogP contribution in [-0.4, -0.2) is 18.5 Å². The Hall–Kier alpha value is -1.35. The van der Waals surface area contributed by atoms with Gasteiger partial charge in [0.2, 0.25) is 0 Å². The Labute approximate surface area is 139 Å². The maximum absolute atomic E-state index is 12.4. The lowest BCUT2D eigenvalue weighted by atomic mass is 9.49. The van der Waals surface area contributed by atoms with Crippen LogP contribution in [0.15, 0.2) is 30.3 Å². The van der Waals surface area contributed by atoms with E-state index in [0.717, 1.165) is 30.0 Å². The number of nitrogens with two attached hydrogens (primary N) is 1. The summed E-state index contributed by atoms with van der Waals surface area (Å²) in [6, 6.07) is 9.77. The van der Waals surface area contributed by atoms with Crippen molar-refractivity contribution in [2.24, 2.45) is 23.2 Å². The highest BCUT2D eigenvalue weighted by Gasteiger charge is 2.51. The lowest BCUT2D eigenvalue weighted by Crippen LogP contribution is -2.94. The molecule has 3 heteroatoms. The van der Waals surface area contributed by atoms with Crippen LogP contribution in [0.2, 0.25) is 0 Å². The van der Waals surface area contributed by atoms with Crippen molar-refractivity contribution in [1.29, 1.82) is 0 Å². The van der Waals surface area contributed by atoms with Crippen LogP contribution in [0.1, 0.15) is 45.4 Å². The molecule has 0 spiro atoms. The van der Waals surface area contributed by atoms with E-state index in [2.05, 4.69) is 10.6 Å². The number of nitrogens with one attached hydrogen (secondary N) is 1. The van der Waals surface area contributed by atoms with Crippen LogP contribution < -0.4 is 10.6 Å². The Bertz CT molecular complexity index is 533. The molecule has 4 saturated carbocycles. The molecule has 5 rings (SSSR count). The molecule has 1 atom stereocenters. The number of carbonyl (C=O) groups is 1. The first-order valence-electron chi connectivity index (χ1n) is 9.31. The minimum absolute atomic E-state index is 0.0109. The lowest BCUT2D eigenvalue weighted by Gasteiger charge is -2.56. The molecule has 0 heterocycles. The van der Waals surface area contributed by atoms with E-state index in [4.69, 9.17) is 0 Å². The molecule has 23 heavy (non-hydrogen) atoms. The van der Waals surface area contributed by atoms with E-state index in [0.29, 0.717) is 5.41 Å². The molecule has 1 amide bonds. The van der Waals surface area contributed by atoms with E-state index >= 15 is 0 Å². The van der Waals surface area contributed by atoms with Crippen LogP contribution in [0.5, 0.6) is 0 Å². The van der Waals surface area contributed by atoms with Crippen molar-refractivity contribution >= 4 is 11.6 Å². The van der Waals surface area contributed by atoms with Gasteiger partial charge in [-0.15, -0.1) is 0 Å². The highest BCUT2D eigenvalue weighted by Crippen LogP contribution is 2.59. The van der Waals surface area contributed by atoms with Gasteiger partial charge in [-0.05, 0) is 75.3 Å². The SMILES string of the molecule is C[C@@H]([NH2+]CC12CC3CC(CC(C3)C1)C2)C(=O)Nc1ccccc1. The lowest BCUT2D eigenvalue weighted by molar-refractivity contribution is -0.686. The van der Waals surface area contributed by atoms with Gasteiger partial charge < -0.3 is 10.6 Å². The molecule has 1 aromatic rings. The molecule has 4 fully saturated rings. The Balaban J connectivity index is 1.33. The van der Waals surface area contributed by atoms with Crippen LogP contribution in [-0.2, 0) is 4.79 Å². The zero-order valence-corrected chi connectivity index (χ0v) is 14.1. The zero-order valence-electron chi connectivity index (χ0n) is 14.1. The molecular formula is C20H29N2O+. The molecule has 3 nitrogen and oxygen atoms in total. The standard InChI is InChI=1S/C20H28N2O/c1-14(19(23)22-18-5-3-2-4-6-18)21-13-20-10-15-7-16(11-20)9-17(8-15)12-20/h2-6,14-17,21H,7-13H2,1H3,(H,22,23)/p+1/t14-,15?,16?,17?,20?/m1/s1. The topological polar surface area (TPSA) is 45.7 Å². The quantitative estimate of drug-likeness (QED) is 0.862. The zero-order chi connectivity index (χ0) is 15.9. The van der Waals surface area contributed by atoms with Crippen molar-refractivity contribution in [3.63, 3.8) is 0 Å². The molecule has 0 aromatic heterocycles. The summed E-state index contributed by atoms with van der Waals surface area (Å²) in [4.78, 5) is 12.4. The molecule has 4 aliphatic carbocycles. The summed E-state index contributed by atoms with van der Waals surface area (Å²) in [5, 5.41) is 5.33. The number of benzene rings is 1. The largest absolute Gasteiger partial charge is 0.336 e. The van der Waals surface area contributed by atoms with Crippen molar-refractivity contribution in [3.05, 3.63) is 30.3 Å². The molecular weight excluding hydrogens is 284 g/mol. The molecule has 3 N–H and O–H groups in total. The number of quaternary nitrogens is 1. The Kier molecular flexibility index (Phi) is 3.92. The van der Waals surface area contributed by atoms with Gasteiger partial charge in [0.05, 0.1) is 6.54 Å². The smallest absolute Gasteiger partial charge is 0.282 e. The highest BCUT2D eigenvalue weighted by molar-refractivity contribution is 5.93. The number of para-hydroxylation sites is 1. The summed E-state index contributed by atoms with van der Waals surface area (Å²) in [5.41, 5.74) is 1.43. The van der Waals surface area contributed by atoms with Crippen LogP contribution >= 0.6 is 0 Å². The minimum Gasteiger partial charge on any atom is -0.336 e. The normalized spacial score (nSPS) is 36.0. The number of hydrogen-bond donors (Lipinski definition) is 2. The summed E-state index contributed by atoms with van der Waals surface area (Å²) >= 11 is 0. The Morgan fingerprint density at radius 3 is 2.26 bits per heavy atom. The predicted octanol–water partition coefficient (Wildman–Crippen LogP) is 2.79. The molecule has 0 unspecified atom stereocenters. The van der Waals surface area contributed by atoms with E-state index in [1.165, 1.54) is 38.5 Å². The number of hydrogen-bond acceptors (Lipinski definition) is 1. The maximum Gasteiger partial charge on any atom is 0.282 e. The van der Waals surface area contributed by atoms with Gasteiger partial charge in [-0.1, -0.05) is 18.2 Å². The third-order valence-corrected chi connectivity index (χ3v) is 6.52. The van der Waals surface area contributed by atoms with Gasteiger partial charge in [0.1, 0.15) is 0 Å². The van der Waals surface area contributed by atoms with Crippen molar-refractivity contribution in [2.75, 3.05) is 11.9 Å². The number of anilines is 1. The van der Waals surface area contributed by atoms with Crippen LogP contribution in [0.25, 0.3) is 0 Å². The first-order chi connectivity index (χ1) is 11.1. The van der Waals surface area contributed by atoms with Crippen LogP contribution in [0.3, 0.4) is 0 Å².